The van der Waals surface area contributed by atoms with E-state index in [1.54, 1.807) is 11.5 Å². The fourth-order valence-corrected chi connectivity index (χ4v) is 4.32. The monoisotopic (exact) mass is 285 g/mol. The molecule has 3 nitrogen and oxygen atoms in total. The number of piperidine rings is 3. The molecule has 0 radical (unpaired) electrons. The van der Waals surface area contributed by atoms with E-state index in [4.69, 9.17) is 0 Å². The van der Waals surface area contributed by atoms with Crippen LogP contribution in [0, 0.1) is 11.8 Å². The van der Waals surface area contributed by atoms with Crippen LogP contribution in [0.1, 0.15) is 12.8 Å². The lowest BCUT2D eigenvalue weighted by molar-refractivity contribution is 0.0690. The van der Waals surface area contributed by atoms with Gasteiger partial charge in [0.2, 0.25) is 0 Å². The van der Waals surface area contributed by atoms with E-state index in [9.17, 15) is 0 Å². The summed E-state index contributed by atoms with van der Waals surface area (Å²) in [6.45, 7) is 8.01. The van der Waals surface area contributed by atoms with Crippen LogP contribution < -0.4 is 5.32 Å². The lowest BCUT2D eigenvalue weighted by Crippen LogP contribution is -2.48. The zero-order chi connectivity index (χ0) is 13.5. The van der Waals surface area contributed by atoms with Gasteiger partial charge in [-0.2, -0.15) is 4.37 Å². The molecule has 3 aliphatic heterocycles. The molecule has 104 valence electrons. The zero-order valence-corrected chi connectivity index (χ0v) is 12.3. The van der Waals surface area contributed by atoms with E-state index in [1.165, 1.54) is 42.6 Å². The van der Waals surface area contributed by atoms with Crippen LogP contribution in [-0.4, -0.2) is 28.9 Å². The molecule has 4 heterocycles. The molecule has 2 bridgehead atoms. The van der Waals surface area contributed by atoms with Crippen LogP contribution in [-0.2, 0) is 0 Å². The first-order valence-electron chi connectivity index (χ1n) is 7.34. The zero-order valence-electron chi connectivity index (χ0n) is 11.5. The maximum Gasteiger partial charge on any atom is 0.151 e. The lowest BCUT2D eigenvalue weighted by Gasteiger charge is -2.45. The Morgan fingerprint density at radius 1 is 1.30 bits per heavy atom. The lowest BCUT2D eigenvalue weighted by atomic mass is 9.77. The third-order valence-electron chi connectivity index (χ3n) is 4.76. The second kappa shape index (κ2) is 4.86. The first kappa shape index (κ1) is 12.4. The minimum absolute atomic E-state index is 0.581. The highest BCUT2D eigenvalue weighted by Crippen LogP contribution is 2.37. The van der Waals surface area contributed by atoms with Gasteiger partial charge in [-0.25, -0.2) is 0 Å². The Kier molecular flexibility index (Phi) is 3.00. The van der Waals surface area contributed by atoms with Crippen molar-refractivity contribution in [1.82, 2.24) is 9.27 Å². The molecular formula is C16H19N3S. The third kappa shape index (κ3) is 2.03. The van der Waals surface area contributed by atoms with Crippen LogP contribution >= 0.6 is 11.5 Å². The number of aromatic nitrogens is 1. The maximum absolute atomic E-state index is 4.55. The number of fused-ring (bicyclic) bond motifs is 4. The van der Waals surface area contributed by atoms with Gasteiger partial charge < -0.3 is 10.2 Å². The first-order valence-corrected chi connectivity index (χ1v) is 8.11. The fraction of sp³-hybridized carbons (Fsp3) is 0.438. The van der Waals surface area contributed by atoms with Crippen LogP contribution in [0.25, 0.3) is 10.1 Å². The number of rotatable bonds is 3. The van der Waals surface area contributed by atoms with Gasteiger partial charge in [0.05, 0.1) is 4.70 Å². The first-order chi connectivity index (χ1) is 9.81. The molecule has 3 aliphatic rings. The van der Waals surface area contributed by atoms with Gasteiger partial charge in [-0.1, -0.05) is 18.7 Å². The number of hydrogen-bond acceptors (Lipinski definition) is 4. The maximum atomic E-state index is 4.55. The number of anilines is 1. The smallest absolute Gasteiger partial charge is 0.151 e. The molecule has 3 fully saturated rings. The van der Waals surface area contributed by atoms with E-state index in [0.29, 0.717) is 5.92 Å². The summed E-state index contributed by atoms with van der Waals surface area (Å²) in [4.78, 5) is 2.57. The van der Waals surface area contributed by atoms with Crippen molar-refractivity contribution in [2.75, 3.05) is 25.0 Å². The summed E-state index contributed by atoms with van der Waals surface area (Å²) in [6, 6.07) is 8.38. The molecule has 5 rings (SSSR count). The highest BCUT2D eigenvalue weighted by molar-refractivity contribution is 7.13. The Morgan fingerprint density at radius 3 is 2.85 bits per heavy atom. The average Bonchev–Trinajstić information content (AvgIpc) is 2.92. The standard InChI is InChI=1S/C16H19N3S/c1-11(14-10-19-8-6-12(14)7-9-19)17-16-13-4-2-3-5-15(13)20-18-16/h2-5,12,14H,1,6-10H2,(H,17,18). The van der Waals surface area contributed by atoms with E-state index >= 15 is 0 Å². The number of benzene rings is 1. The van der Waals surface area contributed by atoms with Gasteiger partial charge in [0.25, 0.3) is 0 Å². The molecule has 1 unspecified atom stereocenters. The molecule has 3 saturated heterocycles. The van der Waals surface area contributed by atoms with Gasteiger partial charge in [0, 0.05) is 23.5 Å². The molecule has 0 aliphatic carbocycles. The predicted octanol–water partition coefficient (Wildman–Crippen LogP) is 3.56. The summed E-state index contributed by atoms with van der Waals surface area (Å²) >= 11 is 1.55. The number of nitrogens with zero attached hydrogens (tertiary/aromatic N) is 2. The summed E-state index contributed by atoms with van der Waals surface area (Å²) in [5.41, 5.74) is 1.15. The Morgan fingerprint density at radius 2 is 2.10 bits per heavy atom. The van der Waals surface area contributed by atoms with Crippen LogP contribution in [0.4, 0.5) is 5.82 Å². The SMILES string of the molecule is C=C(Nc1nsc2ccccc12)C1CN2CCC1CC2. The van der Waals surface area contributed by atoms with Crippen molar-refractivity contribution in [3.63, 3.8) is 0 Å². The van der Waals surface area contributed by atoms with E-state index < -0.39 is 0 Å². The molecule has 2 aromatic rings. The number of nitrogens with one attached hydrogen (secondary N) is 1. The summed E-state index contributed by atoms with van der Waals surface area (Å²) in [6.07, 6.45) is 2.65. The van der Waals surface area contributed by atoms with Crippen LogP contribution in [0.3, 0.4) is 0 Å². The molecule has 1 N–H and O–H groups in total. The Labute approximate surface area is 123 Å². The largest absolute Gasteiger partial charge is 0.343 e. The molecule has 1 atom stereocenters. The van der Waals surface area contributed by atoms with Gasteiger partial charge in [0.15, 0.2) is 5.82 Å². The summed E-state index contributed by atoms with van der Waals surface area (Å²) in [5.74, 6) is 2.37. The van der Waals surface area contributed by atoms with Crippen molar-refractivity contribution in [3.05, 3.63) is 36.5 Å². The van der Waals surface area contributed by atoms with Crippen molar-refractivity contribution < 1.29 is 0 Å². The summed E-state index contributed by atoms with van der Waals surface area (Å²) in [7, 11) is 0. The average molecular weight is 285 g/mol. The van der Waals surface area contributed by atoms with Crippen molar-refractivity contribution in [2.45, 2.75) is 12.8 Å². The van der Waals surface area contributed by atoms with Crippen molar-refractivity contribution in [2.24, 2.45) is 11.8 Å². The third-order valence-corrected chi connectivity index (χ3v) is 5.59. The Bertz CT molecular complexity index is 640. The minimum atomic E-state index is 0.581. The molecular weight excluding hydrogens is 266 g/mol. The topological polar surface area (TPSA) is 28.2 Å². The van der Waals surface area contributed by atoms with Crippen molar-refractivity contribution in [1.29, 1.82) is 0 Å². The molecule has 0 amide bonds. The van der Waals surface area contributed by atoms with Crippen LogP contribution in [0.15, 0.2) is 36.5 Å². The minimum Gasteiger partial charge on any atom is -0.343 e. The van der Waals surface area contributed by atoms with Gasteiger partial charge in [-0.15, -0.1) is 0 Å². The van der Waals surface area contributed by atoms with Gasteiger partial charge >= 0.3 is 0 Å². The Balaban J connectivity index is 1.55. The Hall–Kier alpha value is -1.39. The van der Waals surface area contributed by atoms with E-state index in [2.05, 4.69) is 45.4 Å². The molecule has 0 saturated carbocycles. The summed E-state index contributed by atoms with van der Waals surface area (Å²) < 4.78 is 5.78. The van der Waals surface area contributed by atoms with Crippen molar-refractivity contribution in [3.8, 4) is 0 Å². The van der Waals surface area contributed by atoms with E-state index in [-0.39, 0.29) is 0 Å². The molecule has 1 aromatic heterocycles. The molecule has 20 heavy (non-hydrogen) atoms. The normalized spacial score (nSPS) is 28.7. The number of hydrogen-bond donors (Lipinski definition) is 1. The molecule has 4 heteroatoms. The quantitative estimate of drug-likeness (QED) is 0.934. The van der Waals surface area contributed by atoms with Gasteiger partial charge in [-0.05, 0) is 55.5 Å². The highest BCUT2D eigenvalue weighted by atomic mass is 32.1. The second-order valence-electron chi connectivity index (χ2n) is 5.92. The van der Waals surface area contributed by atoms with Gasteiger partial charge in [0.1, 0.15) is 0 Å². The highest BCUT2D eigenvalue weighted by Gasteiger charge is 2.35. The fourth-order valence-electron chi connectivity index (χ4n) is 3.58. The predicted molar refractivity (Wildman–Crippen MR) is 85.0 cm³/mol. The molecule has 0 spiro atoms. The van der Waals surface area contributed by atoms with Crippen LogP contribution in [0.5, 0.6) is 0 Å². The van der Waals surface area contributed by atoms with E-state index in [1.807, 2.05) is 0 Å². The van der Waals surface area contributed by atoms with Crippen molar-refractivity contribution >= 4 is 27.4 Å². The second-order valence-corrected chi connectivity index (χ2v) is 6.73. The van der Waals surface area contributed by atoms with E-state index in [0.717, 1.165) is 17.4 Å². The molecule has 1 aromatic carbocycles. The summed E-state index contributed by atoms with van der Waals surface area (Å²) in [5, 5.41) is 4.71. The van der Waals surface area contributed by atoms with Gasteiger partial charge in [-0.3, -0.25) is 0 Å². The van der Waals surface area contributed by atoms with Crippen LogP contribution in [0.2, 0.25) is 0 Å².